The van der Waals surface area contributed by atoms with Crippen molar-refractivity contribution >= 4 is 0 Å². The van der Waals surface area contributed by atoms with Crippen molar-refractivity contribution < 1.29 is 4.74 Å². The van der Waals surface area contributed by atoms with Crippen molar-refractivity contribution in [2.75, 3.05) is 26.7 Å². The molecule has 1 fully saturated rings. The van der Waals surface area contributed by atoms with E-state index in [1.54, 1.807) is 12.7 Å². The molecule has 0 spiro atoms. The van der Waals surface area contributed by atoms with Gasteiger partial charge in [0.1, 0.15) is 5.75 Å². The Balaban J connectivity index is 1.87. The number of methoxy groups -OCH3 is 1. The second kappa shape index (κ2) is 4.19. The first-order chi connectivity index (χ1) is 8.28. The molecule has 17 heavy (non-hydrogen) atoms. The lowest BCUT2D eigenvalue weighted by Gasteiger charge is -2.22. The van der Waals surface area contributed by atoms with Gasteiger partial charge < -0.3 is 4.74 Å². The maximum Gasteiger partial charge on any atom is 0.118 e. The van der Waals surface area contributed by atoms with Crippen LogP contribution in [-0.4, -0.2) is 31.6 Å². The van der Waals surface area contributed by atoms with Crippen molar-refractivity contribution in [1.29, 1.82) is 0 Å². The van der Waals surface area contributed by atoms with Crippen LogP contribution in [0.5, 0.6) is 5.75 Å². The Bertz CT molecular complexity index is 435. The first-order valence-corrected chi connectivity index (χ1v) is 6.31. The van der Waals surface area contributed by atoms with Crippen molar-refractivity contribution in [2.24, 2.45) is 5.92 Å². The number of hydrogen-bond donors (Lipinski definition) is 0. The largest absolute Gasteiger partial charge is 0.497 e. The molecule has 0 saturated carbocycles. The molecule has 0 amide bonds. The molecule has 2 nitrogen and oxygen atoms in total. The van der Waals surface area contributed by atoms with Crippen molar-refractivity contribution in [1.82, 2.24) is 4.90 Å². The Kier molecular flexibility index (Phi) is 2.67. The average molecular weight is 229 g/mol. The number of rotatable bonds is 2. The maximum atomic E-state index is 5.22. The predicted octanol–water partition coefficient (Wildman–Crippen LogP) is 2.67. The van der Waals surface area contributed by atoms with E-state index in [1.807, 2.05) is 0 Å². The van der Waals surface area contributed by atoms with Gasteiger partial charge in [0.15, 0.2) is 0 Å². The topological polar surface area (TPSA) is 12.5 Å². The fraction of sp³-hybridized carbons (Fsp3) is 0.467. The molecule has 90 valence electrons. The highest BCUT2D eigenvalue weighted by Gasteiger charge is 2.36. The van der Waals surface area contributed by atoms with Crippen molar-refractivity contribution in [3.8, 4) is 5.75 Å². The van der Waals surface area contributed by atoms with E-state index >= 15 is 0 Å². The van der Waals surface area contributed by atoms with Crippen molar-refractivity contribution in [3.05, 3.63) is 41.5 Å². The van der Waals surface area contributed by atoms with Crippen LogP contribution in [0.1, 0.15) is 18.4 Å². The predicted molar refractivity (Wildman–Crippen MR) is 69.4 cm³/mol. The number of benzene rings is 1. The van der Waals surface area contributed by atoms with Gasteiger partial charge in [0.05, 0.1) is 7.11 Å². The summed E-state index contributed by atoms with van der Waals surface area (Å²) >= 11 is 0. The third kappa shape index (κ3) is 1.87. The van der Waals surface area contributed by atoms with E-state index in [1.165, 1.54) is 18.7 Å². The fourth-order valence-corrected chi connectivity index (χ4v) is 3.11. The summed E-state index contributed by atoms with van der Waals surface area (Å²) in [5, 5.41) is 0. The van der Waals surface area contributed by atoms with Crippen LogP contribution in [0.25, 0.3) is 0 Å². The van der Waals surface area contributed by atoms with Crippen LogP contribution in [0.3, 0.4) is 0 Å². The van der Waals surface area contributed by atoms with E-state index in [2.05, 4.69) is 42.2 Å². The second-order valence-corrected chi connectivity index (χ2v) is 5.15. The molecule has 3 atom stereocenters. The fourth-order valence-electron chi connectivity index (χ4n) is 3.11. The van der Waals surface area contributed by atoms with Gasteiger partial charge in [-0.1, -0.05) is 23.8 Å². The molecule has 2 aliphatic heterocycles. The summed E-state index contributed by atoms with van der Waals surface area (Å²) in [4.78, 5) is 2.55. The highest BCUT2D eigenvalue weighted by atomic mass is 16.5. The lowest BCUT2D eigenvalue weighted by molar-refractivity contribution is 0.352. The van der Waals surface area contributed by atoms with Gasteiger partial charge in [-0.25, -0.2) is 0 Å². The molecule has 0 N–H and O–H groups in total. The summed E-state index contributed by atoms with van der Waals surface area (Å²) in [5.41, 5.74) is 3.02. The highest BCUT2D eigenvalue weighted by Crippen LogP contribution is 2.39. The van der Waals surface area contributed by atoms with E-state index in [0.717, 1.165) is 18.2 Å². The van der Waals surface area contributed by atoms with Gasteiger partial charge in [-0.15, -0.1) is 0 Å². The van der Waals surface area contributed by atoms with Crippen LogP contribution in [0.2, 0.25) is 0 Å². The minimum absolute atomic E-state index is 0.666. The molecular weight excluding hydrogens is 210 g/mol. The zero-order chi connectivity index (χ0) is 11.8. The molecule has 0 aromatic heterocycles. The molecule has 3 unspecified atom stereocenters. The molecule has 0 radical (unpaired) electrons. The van der Waals surface area contributed by atoms with Gasteiger partial charge in [-0.05, 0) is 24.6 Å². The van der Waals surface area contributed by atoms with Gasteiger partial charge in [0.25, 0.3) is 0 Å². The zero-order valence-corrected chi connectivity index (χ0v) is 10.5. The summed E-state index contributed by atoms with van der Waals surface area (Å²) < 4.78 is 5.22. The monoisotopic (exact) mass is 229 g/mol. The smallest absolute Gasteiger partial charge is 0.118 e. The van der Waals surface area contributed by atoms with Crippen molar-refractivity contribution in [2.45, 2.75) is 12.8 Å². The Morgan fingerprint density at radius 3 is 2.53 bits per heavy atom. The molecule has 1 aromatic rings. The second-order valence-electron chi connectivity index (χ2n) is 5.15. The van der Waals surface area contributed by atoms with Crippen LogP contribution < -0.4 is 4.74 Å². The molecular formula is C15H19NO. The number of fused-ring (bicyclic) bond motifs is 2. The number of ether oxygens (including phenoxy) is 1. The molecule has 2 heteroatoms. The van der Waals surface area contributed by atoms with Crippen LogP contribution in [0, 0.1) is 5.92 Å². The Morgan fingerprint density at radius 2 is 1.82 bits per heavy atom. The molecule has 1 aromatic carbocycles. The van der Waals surface area contributed by atoms with E-state index in [-0.39, 0.29) is 0 Å². The normalized spacial score (nSPS) is 31.2. The SMILES string of the molecule is COc1ccc(C2CN3CC=C(C)C2C3)cc1. The van der Waals surface area contributed by atoms with Gasteiger partial charge >= 0.3 is 0 Å². The van der Waals surface area contributed by atoms with E-state index in [9.17, 15) is 0 Å². The van der Waals surface area contributed by atoms with Crippen molar-refractivity contribution in [3.63, 3.8) is 0 Å². The van der Waals surface area contributed by atoms with E-state index < -0.39 is 0 Å². The summed E-state index contributed by atoms with van der Waals surface area (Å²) in [7, 11) is 1.72. The molecule has 2 aliphatic rings. The standard InChI is InChI=1S/C15H19NO/c1-11-7-8-16-9-14(11)15(10-16)12-3-5-13(17-2)6-4-12/h3-7,14-15H,8-10H2,1-2H3. The Labute approximate surface area is 103 Å². The highest BCUT2D eigenvalue weighted by molar-refractivity contribution is 5.33. The summed E-state index contributed by atoms with van der Waals surface area (Å²) in [6, 6.07) is 8.59. The van der Waals surface area contributed by atoms with Crippen LogP contribution >= 0.6 is 0 Å². The van der Waals surface area contributed by atoms with Crippen LogP contribution in [0.4, 0.5) is 0 Å². The van der Waals surface area contributed by atoms with Crippen LogP contribution in [-0.2, 0) is 0 Å². The van der Waals surface area contributed by atoms with Gasteiger partial charge in [0, 0.05) is 31.5 Å². The van der Waals surface area contributed by atoms with Gasteiger partial charge in [-0.2, -0.15) is 0 Å². The zero-order valence-electron chi connectivity index (χ0n) is 10.5. The third-order valence-electron chi connectivity index (χ3n) is 4.20. The molecule has 0 aliphatic carbocycles. The minimum Gasteiger partial charge on any atom is -0.497 e. The Morgan fingerprint density at radius 1 is 1.12 bits per heavy atom. The summed E-state index contributed by atoms with van der Waals surface area (Å²) in [6.07, 6.45) is 2.39. The first-order valence-electron chi connectivity index (χ1n) is 6.31. The van der Waals surface area contributed by atoms with Gasteiger partial charge in [-0.3, -0.25) is 4.90 Å². The van der Waals surface area contributed by atoms with Crippen LogP contribution in [0.15, 0.2) is 35.9 Å². The average Bonchev–Trinajstić information content (AvgIpc) is 2.74. The molecule has 1 saturated heterocycles. The first kappa shape index (κ1) is 10.8. The number of nitrogens with zero attached hydrogens (tertiary/aromatic N) is 1. The Hall–Kier alpha value is -1.28. The molecule has 2 bridgehead atoms. The lowest BCUT2D eigenvalue weighted by Crippen LogP contribution is -2.24. The molecule has 3 rings (SSSR count). The summed E-state index contributed by atoms with van der Waals surface area (Å²) in [6.45, 7) is 5.85. The van der Waals surface area contributed by atoms with Gasteiger partial charge in [0.2, 0.25) is 0 Å². The molecule has 2 heterocycles. The quantitative estimate of drug-likeness (QED) is 0.723. The summed E-state index contributed by atoms with van der Waals surface area (Å²) in [5.74, 6) is 2.33. The number of hydrogen-bond acceptors (Lipinski definition) is 2. The van der Waals surface area contributed by atoms with E-state index in [0.29, 0.717) is 5.92 Å². The van der Waals surface area contributed by atoms with E-state index in [4.69, 9.17) is 4.74 Å². The maximum absolute atomic E-state index is 5.22. The third-order valence-corrected chi connectivity index (χ3v) is 4.20. The lowest BCUT2D eigenvalue weighted by atomic mass is 9.84. The minimum atomic E-state index is 0.666.